The Morgan fingerprint density at radius 1 is 1.08 bits per heavy atom. The maximum Gasteiger partial charge on any atom is 0.319 e. The van der Waals surface area contributed by atoms with E-state index in [9.17, 15) is 13.2 Å². The van der Waals surface area contributed by atoms with E-state index in [1.165, 1.54) is 7.11 Å². The minimum Gasteiger partial charge on any atom is -0.492 e. The fourth-order valence-electron chi connectivity index (χ4n) is 6.55. The third kappa shape index (κ3) is 8.40. The molecule has 0 unspecified atom stereocenters. The lowest BCUT2D eigenvalue weighted by molar-refractivity contribution is 0.171. The summed E-state index contributed by atoms with van der Waals surface area (Å²) < 4.78 is 40.4. The first-order valence-corrected chi connectivity index (χ1v) is 18.0. The summed E-state index contributed by atoms with van der Waals surface area (Å²) in [5.41, 5.74) is 2.69. The number of anilines is 2. The molecule has 1 saturated heterocycles. The third-order valence-corrected chi connectivity index (χ3v) is 9.98. The number of pyridine rings is 1. The van der Waals surface area contributed by atoms with Crippen LogP contribution in [-0.2, 0) is 15.4 Å². The van der Waals surface area contributed by atoms with Gasteiger partial charge in [0.25, 0.3) is 0 Å². The summed E-state index contributed by atoms with van der Waals surface area (Å²) in [5.74, 6) is 1.12. The first kappa shape index (κ1) is 38.2. The maximum absolute atomic E-state index is 13.5. The molecule has 5 N–H and O–H groups in total. The average molecular weight is 812 g/mol. The van der Waals surface area contributed by atoms with Crippen LogP contribution < -0.4 is 30.3 Å². The molecule has 2 aromatic carbocycles. The smallest absolute Gasteiger partial charge is 0.319 e. The van der Waals surface area contributed by atoms with Gasteiger partial charge in [-0.15, -0.1) is 24.0 Å². The number of nitrogens with one attached hydrogen (secondary N) is 5. The second-order valence-electron chi connectivity index (χ2n) is 14.0. The van der Waals surface area contributed by atoms with Crippen molar-refractivity contribution in [1.82, 2.24) is 14.8 Å². The van der Waals surface area contributed by atoms with E-state index in [4.69, 9.17) is 20.3 Å². The van der Waals surface area contributed by atoms with Crippen molar-refractivity contribution in [2.24, 2.45) is 0 Å². The van der Waals surface area contributed by atoms with Crippen molar-refractivity contribution in [3.8, 4) is 11.5 Å². The van der Waals surface area contributed by atoms with E-state index >= 15 is 0 Å². The molecular weight excluding hydrogens is 757 g/mol. The number of likely N-dealkylation sites (N-methyl/N-ethyl adjacent to an activating group) is 1. The Hall–Kier alpha value is -3.63. The number of ether oxygens (including phenoxy) is 2. The number of nitrogens with zero attached hydrogens (tertiary/aromatic N) is 2. The number of aromatic nitrogens is 1. The molecule has 14 heteroatoms. The van der Waals surface area contributed by atoms with E-state index in [1.54, 1.807) is 35.0 Å². The van der Waals surface area contributed by atoms with Gasteiger partial charge in [0, 0.05) is 4.28 Å². The van der Waals surface area contributed by atoms with Crippen molar-refractivity contribution in [1.29, 1.82) is 10.8 Å². The Labute approximate surface area is 310 Å². The Balaban J connectivity index is 0.00000338. The molecule has 2 heterocycles. The van der Waals surface area contributed by atoms with Crippen LogP contribution >= 0.6 is 24.0 Å². The van der Waals surface area contributed by atoms with Crippen LogP contribution in [0.1, 0.15) is 86.5 Å². The van der Waals surface area contributed by atoms with Crippen LogP contribution in [-0.4, -0.2) is 62.2 Å². The predicted molar refractivity (Wildman–Crippen MR) is 210 cm³/mol. The van der Waals surface area contributed by atoms with Crippen LogP contribution in [0.15, 0.2) is 54.7 Å². The molecule has 0 saturated carbocycles. The second-order valence-corrected chi connectivity index (χ2v) is 15.7. The molecule has 0 radical (unpaired) electrons. The van der Waals surface area contributed by atoms with E-state index in [-0.39, 0.29) is 62.7 Å². The zero-order valence-electron chi connectivity index (χ0n) is 29.1. The number of carbonyl (C=O) groups excluding carboxylic acids is 1. The van der Waals surface area contributed by atoms with Crippen molar-refractivity contribution >= 4 is 57.2 Å². The van der Waals surface area contributed by atoms with Crippen molar-refractivity contribution in [3.05, 3.63) is 76.9 Å². The molecule has 2 aliphatic rings. The lowest BCUT2D eigenvalue weighted by Gasteiger charge is -2.34. The number of hydrogen-bond donors (Lipinski definition) is 5. The molecule has 3 atom stereocenters. The number of benzene rings is 2. The van der Waals surface area contributed by atoms with Crippen molar-refractivity contribution in [2.75, 3.05) is 37.0 Å². The molecule has 272 valence electrons. The third-order valence-electron chi connectivity index (χ3n) is 9.39. The van der Waals surface area contributed by atoms with Crippen LogP contribution in [0.5, 0.6) is 11.5 Å². The summed E-state index contributed by atoms with van der Waals surface area (Å²) in [6.45, 7) is 8.96. The number of carbonyl (C=O) groups is 1. The van der Waals surface area contributed by atoms with Gasteiger partial charge in [-0.05, 0) is 92.6 Å². The molecule has 1 aliphatic heterocycles. The lowest BCUT2D eigenvalue weighted by Crippen LogP contribution is -2.50. The van der Waals surface area contributed by atoms with Gasteiger partial charge in [0.15, 0.2) is 5.75 Å². The van der Waals surface area contributed by atoms with Gasteiger partial charge in [0.1, 0.15) is 23.2 Å². The molecule has 5 rings (SSSR count). The fraction of sp³-hybridized carbons (Fsp3) is 0.457. The zero-order valence-corrected chi connectivity index (χ0v) is 32.3. The molecule has 0 bridgehead atoms. The van der Waals surface area contributed by atoms with E-state index in [1.807, 2.05) is 59.0 Å². The quantitative estimate of drug-likeness (QED) is 0.0928. The number of amides is 2. The molecule has 12 nitrogen and oxygen atoms in total. The molecule has 1 aromatic heterocycles. The van der Waals surface area contributed by atoms with Crippen LogP contribution in [0.25, 0.3) is 0 Å². The van der Waals surface area contributed by atoms with E-state index in [2.05, 4.69) is 20.3 Å². The number of hydrogen-bond acceptors (Lipinski definition) is 8. The van der Waals surface area contributed by atoms with E-state index < -0.39 is 21.6 Å². The number of halogens is 1. The van der Waals surface area contributed by atoms with Gasteiger partial charge >= 0.3 is 6.03 Å². The minimum absolute atomic E-state index is 0. The monoisotopic (exact) mass is 811 g/mol. The molecular formula is C35H54IN7O5S. The summed E-state index contributed by atoms with van der Waals surface area (Å²) >= 11 is 0. The van der Waals surface area contributed by atoms with Gasteiger partial charge in [-0.2, -0.15) is 0 Å². The highest BCUT2D eigenvalue weighted by Crippen LogP contribution is 2.41. The summed E-state index contributed by atoms with van der Waals surface area (Å²) in [4.78, 5) is 15.7. The normalized spacial score (nSPS) is 20.8. The van der Waals surface area contributed by atoms with E-state index in [0.717, 1.165) is 42.3 Å². The lowest BCUT2D eigenvalue weighted by atomic mass is 9.85. The first-order chi connectivity index (χ1) is 22.5. The predicted octanol–water partition coefficient (Wildman–Crippen LogP) is 7.09. The number of urea groups is 1. The fourth-order valence-corrected chi connectivity index (χ4v) is 7.10. The van der Waals surface area contributed by atoms with Crippen molar-refractivity contribution < 1.29 is 27.0 Å². The standard InChI is InChI=1S/C35H47N7O5S.HI.3H2/c1-34(2,3)22-19-27(31(46-6)28(20-22)40-48(7,44)45)39-33(43)38-26-14-15-29(25-12-9-8-11-24(25)26)47-23-13-16-30(36)42(21-23)32(37)35(4)17-10-18-41(35)5;;;;/h8-9,11-13,16,19-21,26,29,36-37,40H,10,14-15,17-18H2,1-7H3,(H2,38,39,43);4*1H/t26-,29+,35+;;;;/m0..../s1. The van der Waals surface area contributed by atoms with Gasteiger partial charge in [-0.3, -0.25) is 25.0 Å². The van der Waals surface area contributed by atoms with Crippen LogP contribution in [0.4, 0.5) is 16.2 Å². The van der Waals surface area contributed by atoms with Crippen LogP contribution in [0.2, 0.25) is 0 Å². The molecule has 3 aromatic rings. The molecule has 2 amide bonds. The largest absolute Gasteiger partial charge is 0.492 e. The van der Waals surface area contributed by atoms with Gasteiger partial charge in [0.2, 0.25) is 10.0 Å². The van der Waals surface area contributed by atoms with Gasteiger partial charge in [-0.25, -0.2) is 13.2 Å². The topological polar surface area (TPSA) is 162 Å². The summed E-state index contributed by atoms with van der Waals surface area (Å²) in [6.07, 6.45) is 5.58. The molecule has 1 aliphatic carbocycles. The highest BCUT2D eigenvalue weighted by atomic mass is 127. The molecule has 1 fully saturated rings. The average Bonchev–Trinajstić information content (AvgIpc) is 3.36. The van der Waals surface area contributed by atoms with E-state index in [0.29, 0.717) is 30.1 Å². The number of fused-ring (bicyclic) bond motifs is 1. The summed E-state index contributed by atoms with van der Waals surface area (Å²) in [6, 6.07) is 14.0. The summed E-state index contributed by atoms with van der Waals surface area (Å²) in [5, 5.41) is 23.5. The van der Waals surface area contributed by atoms with Crippen LogP contribution in [0, 0.1) is 10.8 Å². The number of rotatable bonds is 8. The van der Waals surface area contributed by atoms with Crippen molar-refractivity contribution in [2.45, 2.75) is 76.5 Å². The Morgan fingerprint density at radius 2 is 1.76 bits per heavy atom. The van der Waals surface area contributed by atoms with Gasteiger partial charge < -0.3 is 20.1 Å². The number of sulfonamides is 1. The minimum atomic E-state index is -3.61. The zero-order chi connectivity index (χ0) is 35.0. The maximum atomic E-state index is 13.5. The van der Waals surface area contributed by atoms with Gasteiger partial charge in [-0.1, -0.05) is 45.0 Å². The SMILES string of the molecule is COc1c(NC(=O)N[C@H]2CC[C@@H](Oc3ccc(=N)n(C(=N)[C@@]4(C)CCCN4C)c3)c3ccccc32)cc(C(C)(C)C)cc1NS(C)(=O)=O.I.[HH].[HH].[HH]. The highest BCUT2D eigenvalue weighted by Gasteiger charge is 2.39. The summed E-state index contributed by atoms with van der Waals surface area (Å²) in [7, 11) is -0.170. The van der Waals surface area contributed by atoms with Crippen LogP contribution in [0.3, 0.4) is 0 Å². The molecule has 49 heavy (non-hydrogen) atoms. The Bertz CT molecular complexity index is 1910. The van der Waals surface area contributed by atoms with Crippen molar-refractivity contribution in [3.63, 3.8) is 0 Å². The number of methoxy groups -OCH3 is 1. The second kappa shape index (κ2) is 14.7. The van der Waals surface area contributed by atoms with Gasteiger partial charge in [0.05, 0.1) is 42.5 Å². The first-order valence-electron chi connectivity index (χ1n) is 16.1. The highest BCUT2D eigenvalue weighted by molar-refractivity contribution is 14.0. The Morgan fingerprint density at radius 3 is 2.37 bits per heavy atom. The Kier molecular flexibility index (Phi) is 11.4. The number of likely N-dealkylation sites (tertiary alicyclic amines) is 1. The molecule has 0 spiro atoms.